The van der Waals surface area contributed by atoms with Crippen LogP contribution >= 0.6 is 12.4 Å². The number of hydrogen-bond donors (Lipinski definition) is 1. The van der Waals surface area contributed by atoms with Gasteiger partial charge in [0.1, 0.15) is 0 Å². The molecule has 1 aliphatic rings. The lowest BCUT2D eigenvalue weighted by Crippen LogP contribution is -2.34. The van der Waals surface area contributed by atoms with Crippen LogP contribution in [0.15, 0.2) is 17.0 Å². The average molecular weight is 365 g/mol. The predicted octanol–water partition coefficient (Wildman–Crippen LogP) is 1.79. The van der Waals surface area contributed by atoms with Gasteiger partial charge in [-0.1, -0.05) is 0 Å². The SMILES string of the molecule is COc1cc(C)c(S(=O)(=O)N2CC(CN)CC2C)cc1OC.Cl. The van der Waals surface area contributed by atoms with Gasteiger partial charge in [0.05, 0.1) is 19.1 Å². The van der Waals surface area contributed by atoms with E-state index in [9.17, 15) is 8.42 Å². The van der Waals surface area contributed by atoms with Crippen LogP contribution in [0.1, 0.15) is 18.9 Å². The Bertz CT molecular complexity index is 651. The maximum atomic E-state index is 13.0. The van der Waals surface area contributed by atoms with Gasteiger partial charge >= 0.3 is 0 Å². The molecule has 0 saturated carbocycles. The van der Waals surface area contributed by atoms with Gasteiger partial charge in [0.15, 0.2) is 11.5 Å². The zero-order valence-corrected chi connectivity index (χ0v) is 15.5. The maximum absolute atomic E-state index is 13.0. The molecule has 0 spiro atoms. The number of aryl methyl sites for hydroxylation is 1. The maximum Gasteiger partial charge on any atom is 0.243 e. The molecule has 1 aromatic carbocycles. The number of sulfonamides is 1. The van der Waals surface area contributed by atoms with E-state index >= 15 is 0 Å². The van der Waals surface area contributed by atoms with Gasteiger partial charge in [0.2, 0.25) is 10.0 Å². The van der Waals surface area contributed by atoms with Crippen molar-refractivity contribution in [3.05, 3.63) is 17.7 Å². The number of ether oxygens (including phenoxy) is 2. The summed E-state index contributed by atoms with van der Waals surface area (Å²) >= 11 is 0. The smallest absolute Gasteiger partial charge is 0.243 e. The van der Waals surface area contributed by atoms with E-state index in [1.807, 2.05) is 6.92 Å². The molecular formula is C15H25ClN2O4S. The largest absolute Gasteiger partial charge is 0.493 e. The van der Waals surface area contributed by atoms with Crippen molar-refractivity contribution in [2.45, 2.75) is 31.2 Å². The molecule has 132 valence electrons. The molecule has 2 rings (SSSR count). The van der Waals surface area contributed by atoms with Crippen molar-refractivity contribution < 1.29 is 17.9 Å². The molecule has 1 fully saturated rings. The van der Waals surface area contributed by atoms with Crippen LogP contribution in [-0.2, 0) is 10.0 Å². The summed E-state index contributed by atoms with van der Waals surface area (Å²) in [6, 6.07) is 3.17. The van der Waals surface area contributed by atoms with Gasteiger partial charge in [-0.2, -0.15) is 4.31 Å². The summed E-state index contributed by atoms with van der Waals surface area (Å²) in [5, 5.41) is 0. The van der Waals surface area contributed by atoms with Crippen molar-refractivity contribution in [1.82, 2.24) is 4.31 Å². The fraction of sp³-hybridized carbons (Fsp3) is 0.600. The summed E-state index contributed by atoms with van der Waals surface area (Å²) in [6.07, 6.45) is 0.794. The molecule has 1 heterocycles. The summed E-state index contributed by atoms with van der Waals surface area (Å²) in [6.45, 7) is 4.65. The highest BCUT2D eigenvalue weighted by molar-refractivity contribution is 7.89. The summed E-state index contributed by atoms with van der Waals surface area (Å²) in [5.74, 6) is 1.15. The summed E-state index contributed by atoms with van der Waals surface area (Å²) in [4.78, 5) is 0.259. The number of rotatable bonds is 5. The van der Waals surface area contributed by atoms with Gasteiger partial charge in [-0.05, 0) is 44.4 Å². The van der Waals surface area contributed by atoms with E-state index in [4.69, 9.17) is 15.2 Å². The number of benzene rings is 1. The molecule has 0 radical (unpaired) electrons. The van der Waals surface area contributed by atoms with Gasteiger partial charge in [0, 0.05) is 18.7 Å². The lowest BCUT2D eigenvalue weighted by atomic mass is 10.1. The Kier molecular flexibility index (Phi) is 6.70. The fourth-order valence-electron chi connectivity index (χ4n) is 2.98. The molecule has 2 N–H and O–H groups in total. The molecule has 8 heteroatoms. The van der Waals surface area contributed by atoms with Crippen LogP contribution in [0.25, 0.3) is 0 Å². The molecule has 0 aromatic heterocycles. The zero-order chi connectivity index (χ0) is 16.5. The minimum atomic E-state index is -3.58. The van der Waals surface area contributed by atoms with Gasteiger partial charge in [-0.3, -0.25) is 0 Å². The normalized spacial score (nSPS) is 21.8. The minimum Gasteiger partial charge on any atom is -0.493 e. The highest BCUT2D eigenvalue weighted by atomic mass is 35.5. The monoisotopic (exact) mass is 364 g/mol. The van der Waals surface area contributed by atoms with Gasteiger partial charge in [-0.15, -0.1) is 12.4 Å². The molecule has 6 nitrogen and oxygen atoms in total. The van der Waals surface area contributed by atoms with Gasteiger partial charge in [-0.25, -0.2) is 8.42 Å². The fourth-order valence-corrected chi connectivity index (χ4v) is 4.92. The van der Waals surface area contributed by atoms with Crippen molar-refractivity contribution in [2.75, 3.05) is 27.3 Å². The van der Waals surface area contributed by atoms with E-state index in [-0.39, 0.29) is 29.3 Å². The van der Waals surface area contributed by atoms with Crippen molar-refractivity contribution in [3.63, 3.8) is 0 Å². The molecule has 0 bridgehead atoms. The Balaban J connectivity index is 0.00000264. The lowest BCUT2D eigenvalue weighted by molar-refractivity contribution is 0.352. The quantitative estimate of drug-likeness (QED) is 0.861. The second-order valence-electron chi connectivity index (χ2n) is 5.73. The van der Waals surface area contributed by atoms with Crippen molar-refractivity contribution >= 4 is 22.4 Å². The lowest BCUT2D eigenvalue weighted by Gasteiger charge is -2.23. The molecular weight excluding hydrogens is 340 g/mol. The number of hydrogen-bond acceptors (Lipinski definition) is 5. The molecule has 0 aliphatic carbocycles. The van der Waals surface area contributed by atoms with Crippen LogP contribution in [0.2, 0.25) is 0 Å². The minimum absolute atomic E-state index is 0. The number of nitrogens with two attached hydrogens (primary N) is 1. The Morgan fingerprint density at radius 2 is 1.83 bits per heavy atom. The predicted molar refractivity (Wildman–Crippen MR) is 92.0 cm³/mol. The zero-order valence-electron chi connectivity index (χ0n) is 13.9. The molecule has 2 atom stereocenters. The second kappa shape index (κ2) is 7.70. The van der Waals surface area contributed by atoms with E-state index in [2.05, 4.69) is 0 Å². The van der Waals surface area contributed by atoms with E-state index in [1.54, 1.807) is 17.3 Å². The summed E-state index contributed by atoms with van der Waals surface area (Å²) in [7, 11) is -0.557. The molecule has 1 saturated heterocycles. The van der Waals surface area contributed by atoms with Crippen molar-refractivity contribution in [3.8, 4) is 11.5 Å². The first-order valence-electron chi connectivity index (χ1n) is 7.29. The first-order chi connectivity index (χ1) is 10.3. The van der Waals surface area contributed by atoms with Crippen LogP contribution in [0.3, 0.4) is 0 Å². The van der Waals surface area contributed by atoms with Crippen LogP contribution in [0, 0.1) is 12.8 Å². The van der Waals surface area contributed by atoms with Crippen LogP contribution in [-0.4, -0.2) is 46.1 Å². The Hall–Kier alpha value is -1.02. The van der Waals surface area contributed by atoms with E-state index in [0.29, 0.717) is 30.2 Å². The number of halogens is 1. The van der Waals surface area contributed by atoms with Crippen LogP contribution in [0.5, 0.6) is 11.5 Å². The standard InChI is InChI=1S/C15H24N2O4S.ClH/c1-10-5-13(20-3)14(21-4)7-15(10)22(18,19)17-9-12(8-16)6-11(17)2;/h5,7,11-12H,6,8-9,16H2,1-4H3;1H. The van der Waals surface area contributed by atoms with Gasteiger partial charge < -0.3 is 15.2 Å². The third-order valence-corrected chi connectivity index (χ3v) is 6.33. The van der Waals surface area contributed by atoms with Gasteiger partial charge in [0.25, 0.3) is 0 Å². The first kappa shape index (κ1) is 20.0. The average Bonchev–Trinajstić information content (AvgIpc) is 2.88. The molecule has 2 unspecified atom stereocenters. The molecule has 23 heavy (non-hydrogen) atoms. The van der Waals surface area contributed by atoms with Crippen molar-refractivity contribution in [1.29, 1.82) is 0 Å². The number of nitrogens with zero attached hydrogens (tertiary/aromatic N) is 1. The molecule has 1 aromatic rings. The summed E-state index contributed by atoms with van der Waals surface area (Å²) in [5.41, 5.74) is 6.34. The van der Waals surface area contributed by atoms with Crippen LogP contribution < -0.4 is 15.2 Å². The molecule has 0 amide bonds. The van der Waals surface area contributed by atoms with E-state index < -0.39 is 10.0 Å². The third kappa shape index (κ3) is 3.74. The topological polar surface area (TPSA) is 81.9 Å². The second-order valence-corrected chi connectivity index (χ2v) is 7.59. The Labute approximate surface area is 144 Å². The number of methoxy groups -OCH3 is 2. The van der Waals surface area contributed by atoms with E-state index in [1.165, 1.54) is 20.3 Å². The van der Waals surface area contributed by atoms with E-state index in [0.717, 1.165) is 6.42 Å². The first-order valence-corrected chi connectivity index (χ1v) is 8.73. The summed E-state index contributed by atoms with van der Waals surface area (Å²) < 4.78 is 38.0. The third-order valence-electron chi connectivity index (χ3n) is 4.21. The molecule has 1 aliphatic heterocycles. The van der Waals surface area contributed by atoms with Crippen molar-refractivity contribution in [2.24, 2.45) is 11.7 Å². The highest BCUT2D eigenvalue weighted by Gasteiger charge is 2.38. The Morgan fingerprint density at radius 1 is 1.26 bits per heavy atom. The highest BCUT2D eigenvalue weighted by Crippen LogP contribution is 2.36. The van der Waals surface area contributed by atoms with Crippen LogP contribution in [0.4, 0.5) is 0 Å². The Morgan fingerprint density at radius 3 is 2.30 bits per heavy atom.